The average Bonchev–Trinajstić information content (AvgIpc) is 3.28. The van der Waals surface area contributed by atoms with Crippen molar-refractivity contribution in [2.75, 3.05) is 0 Å². The second kappa shape index (κ2) is 6.12. The normalized spacial score (nSPS) is 11.5. The van der Waals surface area contributed by atoms with Gasteiger partial charge in [-0.05, 0) is 50.1 Å². The molecule has 2 aromatic heterocycles. The lowest BCUT2D eigenvalue weighted by atomic mass is 10.1. The van der Waals surface area contributed by atoms with Gasteiger partial charge in [0.05, 0.1) is 5.52 Å². The third-order valence-corrected chi connectivity index (χ3v) is 4.31. The molecule has 0 amide bonds. The van der Waals surface area contributed by atoms with Crippen LogP contribution in [0.15, 0.2) is 42.5 Å². The summed E-state index contributed by atoms with van der Waals surface area (Å²) < 4.78 is 1.92. The lowest BCUT2D eigenvalue weighted by Gasteiger charge is -2.05. The third-order valence-electron chi connectivity index (χ3n) is 4.31. The van der Waals surface area contributed by atoms with Gasteiger partial charge in [-0.25, -0.2) is 9.67 Å². The molecule has 0 unspecified atom stereocenters. The molecule has 126 valence electrons. The van der Waals surface area contributed by atoms with Crippen molar-refractivity contribution in [3.63, 3.8) is 0 Å². The zero-order valence-electron chi connectivity index (χ0n) is 14.6. The van der Waals surface area contributed by atoms with E-state index in [1.54, 1.807) is 0 Å². The van der Waals surface area contributed by atoms with Crippen LogP contribution in [0, 0.1) is 0 Å². The number of aromatic nitrogens is 6. The molecule has 6 nitrogen and oxygen atoms in total. The Kier molecular flexibility index (Phi) is 3.80. The maximum absolute atomic E-state index is 4.65. The van der Waals surface area contributed by atoms with Crippen LogP contribution in [0.1, 0.15) is 32.4 Å². The molecule has 4 rings (SSSR count). The van der Waals surface area contributed by atoms with Crippen LogP contribution in [-0.4, -0.2) is 30.2 Å². The maximum atomic E-state index is 4.65. The van der Waals surface area contributed by atoms with E-state index in [1.807, 2.05) is 35.0 Å². The van der Waals surface area contributed by atoms with Crippen molar-refractivity contribution < 1.29 is 0 Å². The van der Waals surface area contributed by atoms with Gasteiger partial charge in [0.2, 0.25) is 0 Å². The van der Waals surface area contributed by atoms with Crippen LogP contribution in [0.25, 0.3) is 33.8 Å². The highest BCUT2D eigenvalue weighted by atomic mass is 15.4. The first-order valence-corrected chi connectivity index (χ1v) is 8.52. The van der Waals surface area contributed by atoms with Crippen molar-refractivity contribution in [3.05, 3.63) is 48.0 Å². The van der Waals surface area contributed by atoms with Crippen LogP contribution in [0.4, 0.5) is 0 Å². The Morgan fingerprint density at radius 1 is 1.08 bits per heavy atom. The number of fused-ring (bicyclic) bond motifs is 1. The van der Waals surface area contributed by atoms with Crippen molar-refractivity contribution in [3.8, 4) is 22.8 Å². The lowest BCUT2D eigenvalue weighted by Crippen LogP contribution is -2.02. The van der Waals surface area contributed by atoms with Crippen LogP contribution in [0.2, 0.25) is 0 Å². The second-order valence-electron chi connectivity index (χ2n) is 6.39. The van der Waals surface area contributed by atoms with Crippen LogP contribution in [0.5, 0.6) is 0 Å². The summed E-state index contributed by atoms with van der Waals surface area (Å²) in [6.07, 6.45) is 0.993. The number of nitrogens with one attached hydrogen (secondary N) is 1. The minimum Gasteiger partial charge on any atom is -0.259 e. The summed E-state index contributed by atoms with van der Waals surface area (Å²) in [4.78, 5) is 4.65. The molecular formula is C19H20N6. The van der Waals surface area contributed by atoms with E-state index in [0.717, 1.165) is 34.4 Å². The van der Waals surface area contributed by atoms with Gasteiger partial charge in [-0.3, -0.25) is 5.10 Å². The topological polar surface area (TPSA) is 72.3 Å². The highest BCUT2D eigenvalue weighted by Gasteiger charge is 2.12. The fraction of sp³-hybridized carbons (Fsp3) is 0.263. The summed E-state index contributed by atoms with van der Waals surface area (Å²) in [5.41, 5.74) is 5.13. The van der Waals surface area contributed by atoms with E-state index in [4.69, 9.17) is 0 Å². The molecule has 0 saturated carbocycles. The fourth-order valence-corrected chi connectivity index (χ4v) is 2.92. The van der Waals surface area contributed by atoms with Crippen molar-refractivity contribution in [1.82, 2.24) is 30.2 Å². The number of nitrogens with zero attached hydrogens (tertiary/aromatic N) is 5. The molecule has 4 aromatic rings. The smallest absolute Gasteiger partial charge is 0.181 e. The number of H-pyrrole nitrogens is 1. The van der Waals surface area contributed by atoms with Gasteiger partial charge in [-0.1, -0.05) is 30.3 Å². The van der Waals surface area contributed by atoms with E-state index >= 15 is 0 Å². The summed E-state index contributed by atoms with van der Waals surface area (Å²) in [6, 6.07) is 14.6. The van der Waals surface area contributed by atoms with E-state index in [9.17, 15) is 0 Å². The molecular weight excluding hydrogens is 312 g/mol. The van der Waals surface area contributed by atoms with Gasteiger partial charge in [0.25, 0.3) is 0 Å². The molecule has 2 heterocycles. The second-order valence-corrected chi connectivity index (χ2v) is 6.39. The van der Waals surface area contributed by atoms with E-state index in [0.29, 0.717) is 5.82 Å². The monoisotopic (exact) mass is 332 g/mol. The molecule has 1 N–H and O–H groups in total. The van der Waals surface area contributed by atoms with Gasteiger partial charge >= 0.3 is 0 Å². The molecule has 0 fully saturated rings. The molecule has 25 heavy (non-hydrogen) atoms. The van der Waals surface area contributed by atoms with Gasteiger partial charge in [0.15, 0.2) is 11.6 Å². The van der Waals surface area contributed by atoms with E-state index < -0.39 is 0 Å². The minimum absolute atomic E-state index is 0.276. The lowest BCUT2D eigenvalue weighted by molar-refractivity contribution is 0.530. The zero-order chi connectivity index (χ0) is 17.4. The molecule has 0 aliphatic carbocycles. The molecule has 6 heteroatoms. The number of hydrogen-bond acceptors (Lipinski definition) is 4. The molecule has 0 aliphatic rings. The maximum Gasteiger partial charge on any atom is 0.181 e. The molecule has 0 radical (unpaired) electrons. The Labute approximate surface area is 145 Å². The first-order chi connectivity index (χ1) is 12.2. The van der Waals surface area contributed by atoms with E-state index in [-0.39, 0.29) is 6.04 Å². The summed E-state index contributed by atoms with van der Waals surface area (Å²) in [7, 11) is 0. The third kappa shape index (κ3) is 2.80. The Morgan fingerprint density at radius 3 is 2.76 bits per heavy atom. The van der Waals surface area contributed by atoms with Crippen LogP contribution in [0.3, 0.4) is 0 Å². The molecule has 0 atom stereocenters. The number of rotatable bonds is 4. The average molecular weight is 332 g/mol. The largest absolute Gasteiger partial charge is 0.259 e. The Bertz CT molecular complexity index is 1030. The fourth-order valence-electron chi connectivity index (χ4n) is 2.92. The van der Waals surface area contributed by atoms with E-state index in [2.05, 4.69) is 58.4 Å². The summed E-state index contributed by atoms with van der Waals surface area (Å²) in [5, 5.41) is 15.9. The first kappa shape index (κ1) is 15.5. The highest BCUT2D eigenvalue weighted by molar-refractivity contribution is 5.80. The SMILES string of the molecule is CCc1cccc(-c2n[nH]c(-c3ccc4c(c3)nnn4C(C)C)n2)c1. The van der Waals surface area contributed by atoms with Gasteiger partial charge in [0, 0.05) is 17.2 Å². The van der Waals surface area contributed by atoms with Crippen molar-refractivity contribution in [2.45, 2.75) is 33.2 Å². The molecule has 0 bridgehead atoms. The number of aryl methyl sites for hydroxylation is 1. The van der Waals surface area contributed by atoms with Crippen molar-refractivity contribution >= 4 is 11.0 Å². The predicted octanol–water partition coefficient (Wildman–Crippen LogP) is 4.03. The van der Waals surface area contributed by atoms with Gasteiger partial charge in [-0.2, -0.15) is 5.10 Å². The Morgan fingerprint density at radius 2 is 1.96 bits per heavy atom. The Balaban J connectivity index is 1.71. The number of aromatic amines is 1. The van der Waals surface area contributed by atoms with Gasteiger partial charge < -0.3 is 0 Å². The van der Waals surface area contributed by atoms with Gasteiger partial charge in [-0.15, -0.1) is 5.10 Å². The first-order valence-electron chi connectivity index (χ1n) is 8.52. The molecule has 2 aromatic carbocycles. The van der Waals surface area contributed by atoms with Crippen LogP contribution in [-0.2, 0) is 6.42 Å². The van der Waals surface area contributed by atoms with Crippen LogP contribution < -0.4 is 0 Å². The molecule has 0 aliphatic heterocycles. The van der Waals surface area contributed by atoms with Gasteiger partial charge in [0.1, 0.15) is 5.52 Å². The predicted molar refractivity (Wildman–Crippen MR) is 98.1 cm³/mol. The van der Waals surface area contributed by atoms with Crippen LogP contribution >= 0.6 is 0 Å². The summed E-state index contributed by atoms with van der Waals surface area (Å²) in [6.45, 7) is 6.33. The standard InChI is InChI=1S/C19H20N6/c1-4-13-6-5-7-14(10-13)18-20-19(23-22-18)15-8-9-17-16(11-15)21-24-25(17)12(2)3/h5-12H,4H2,1-3H3,(H,20,22,23). The molecule has 0 spiro atoms. The summed E-state index contributed by atoms with van der Waals surface area (Å²) in [5.74, 6) is 1.44. The van der Waals surface area contributed by atoms with Crippen molar-refractivity contribution in [2.24, 2.45) is 0 Å². The quantitative estimate of drug-likeness (QED) is 0.612. The van der Waals surface area contributed by atoms with Crippen molar-refractivity contribution in [1.29, 1.82) is 0 Å². The number of hydrogen-bond donors (Lipinski definition) is 1. The summed E-state index contributed by atoms with van der Waals surface area (Å²) >= 11 is 0. The van der Waals surface area contributed by atoms with E-state index in [1.165, 1.54) is 5.56 Å². The highest BCUT2D eigenvalue weighted by Crippen LogP contribution is 2.24. The zero-order valence-corrected chi connectivity index (χ0v) is 14.6. The Hall–Kier alpha value is -3.02. The molecule has 0 saturated heterocycles. The minimum atomic E-state index is 0.276. The number of benzene rings is 2.